The first-order valence-electron chi connectivity index (χ1n) is 7.88. The van der Waals surface area contributed by atoms with Gasteiger partial charge in [0.1, 0.15) is 5.75 Å². The van der Waals surface area contributed by atoms with Gasteiger partial charge in [0.2, 0.25) is 0 Å². The maximum Gasteiger partial charge on any atom is 0.119 e. The van der Waals surface area contributed by atoms with Crippen molar-refractivity contribution >= 4 is 0 Å². The van der Waals surface area contributed by atoms with Crippen molar-refractivity contribution in [2.24, 2.45) is 0 Å². The number of hydrogen-bond acceptors (Lipinski definition) is 3. The molecule has 0 saturated heterocycles. The van der Waals surface area contributed by atoms with Crippen molar-refractivity contribution in [1.82, 2.24) is 5.32 Å². The van der Waals surface area contributed by atoms with Crippen LogP contribution < -0.4 is 10.1 Å². The highest BCUT2D eigenvalue weighted by Gasteiger charge is 2.21. The molecule has 0 amide bonds. The predicted molar refractivity (Wildman–Crippen MR) is 88.2 cm³/mol. The SMILES string of the molecule is COc1cccc(C(CO)NC2CCc3ccccc3C2)c1. The van der Waals surface area contributed by atoms with E-state index in [-0.39, 0.29) is 12.6 Å². The smallest absolute Gasteiger partial charge is 0.119 e. The standard InChI is InChI=1S/C19H23NO2/c1-22-18-8-4-7-16(12-18)19(13-21)20-17-10-9-14-5-2-3-6-15(14)11-17/h2-8,12,17,19-21H,9-11,13H2,1H3. The fraction of sp³-hybridized carbons (Fsp3) is 0.368. The zero-order chi connectivity index (χ0) is 15.4. The lowest BCUT2D eigenvalue weighted by atomic mass is 9.87. The summed E-state index contributed by atoms with van der Waals surface area (Å²) in [4.78, 5) is 0. The molecule has 2 aromatic carbocycles. The topological polar surface area (TPSA) is 41.5 Å². The Labute approximate surface area is 131 Å². The summed E-state index contributed by atoms with van der Waals surface area (Å²) >= 11 is 0. The van der Waals surface area contributed by atoms with Gasteiger partial charge in [0, 0.05) is 6.04 Å². The number of rotatable bonds is 5. The number of methoxy groups -OCH3 is 1. The molecule has 0 bridgehead atoms. The summed E-state index contributed by atoms with van der Waals surface area (Å²) < 4.78 is 5.28. The molecular formula is C19H23NO2. The third-order valence-electron chi connectivity index (χ3n) is 4.46. The van der Waals surface area contributed by atoms with Gasteiger partial charge in [0.25, 0.3) is 0 Å². The van der Waals surface area contributed by atoms with Gasteiger partial charge in [-0.2, -0.15) is 0 Å². The molecule has 3 nitrogen and oxygen atoms in total. The minimum absolute atomic E-state index is 0.0506. The van der Waals surface area contributed by atoms with Crippen molar-refractivity contribution in [3.05, 3.63) is 65.2 Å². The van der Waals surface area contributed by atoms with Gasteiger partial charge in [-0.3, -0.25) is 0 Å². The average molecular weight is 297 g/mol. The lowest BCUT2D eigenvalue weighted by molar-refractivity contribution is 0.228. The average Bonchev–Trinajstić information content (AvgIpc) is 2.59. The minimum atomic E-state index is -0.0506. The molecule has 116 valence electrons. The zero-order valence-electron chi connectivity index (χ0n) is 13.0. The summed E-state index contributed by atoms with van der Waals surface area (Å²) in [5, 5.41) is 13.4. The third-order valence-corrected chi connectivity index (χ3v) is 4.46. The molecule has 3 rings (SSSR count). The van der Waals surface area contributed by atoms with E-state index in [0.29, 0.717) is 6.04 Å². The van der Waals surface area contributed by atoms with E-state index in [1.54, 1.807) is 7.11 Å². The quantitative estimate of drug-likeness (QED) is 0.891. The Morgan fingerprint density at radius 1 is 1.18 bits per heavy atom. The van der Waals surface area contributed by atoms with E-state index in [1.165, 1.54) is 11.1 Å². The Morgan fingerprint density at radius 2 is 2.00 bits per heavy atom. The molecule has 2 aromatic rings. The van der Waals surface area contributed by atoms with Gasteiger partial charge in [0.15, 0.2) is 0 Å². The highest BCUT2D eigenvalue weighted by atomic mass is 16.5. The number of aliphatic hydroxyl groups excluding tert-OH is 1. The van der Waals surface area contributed by atoms with Gasteiger partial charge in [-0.05, 0) is 48.1 Å². The highest BCUT2D eigenvalue weighted by Crippen LogP contribution is 2.24. The number of fused-ring (bicyclic) bond motifs is 1. The molecule has 0 saturated carbocycles. The van der Waals surface area contributed by atoms with E-state index in [4.69, 9.17) is 4.74 Å². The van der Waals surface area contributed by atoms with Crippen LogP contribution in [-0.4, -0.2) is 24.9 Å². The number of hydrogen-bond donors (Lipinski definition) is 2. The van der Waals surface area contributed by atoms with Crippen LogP contribution in [0.25, 0.3) is 0 Å². The monoisotopic (exact) mass is 297 g/mol. The molecule has 0 radical (unpaired) electrons. The summed E-state index contributed by atoms with van der Waals surface area (Å²) in [5.74, 6) is 0.826. The van der Waals surface area contributed by atoms with Crippen LogP contribution in [0.15, 0.2) is 48.5 Å². The highest BCUT2D eigenvalue weighted by molar-refractivity contribution is 5.32. The van der Waals surface area contributed by atoms with E-state index in [0.717, 1.165) is 30.6 Å². The van der Waals surface area contributed by atoms with E-state index < -0.39 is 0 Å². The Morgan fingerprint density at radius 3 is 2.77 bits per heavy atom. The number of nitrogens with one attached hydrogen (secondary N) is 1. The van der Waals surface area contributed by atoms with Gasteiger partial charge in [-0.1, -0.05) is 36.4 Å². The first-order valence-corrected chi connectivity index (χ1v) is 7.88. The second-order valence-electron chi connectivity index (χ2n) is 5.89. The van der Waals surface area contributed by atoms with Crippen molar-refractivity contribution in [1.29, 1.82) is 0 Å². The van der Waals surface area contributed by atoms with Crippen LogP contribution >= 0.6 is 0 Å². The molecule has 2 unspecified atom stereocenters. The summed E-state index contributed by atoms with van der Waals surface area (Å²) in [6.07, 6.45) is 3.23. The Bertz CT molecular complexity index is 626. The molecule has 2 atom stereocenters. The minimum Gasteiger partial charge on any atom is -0.497 e. The van der Waals surface area contributed by atoms with E-state index in [1.807, 2.05) is 24.3 Å². The number of aliphatic hydroxyl groups is 1. The third kappa shape index (κ3) is 3.32. The molecular weight excluding hydrogens is 274 g/mol. The van der Waals surface area contributed by atoms with E-state index >= 15 is 0 Å². The fourth-order valence-corrected chi connectivity index (χ4v) is 3.24. The van der Waals surface area contributed by atoms with Gasteiger partial charge in [0.05, 0.1) is 19.8 Å². The van der Waals surface area contributed by atoms with Gasteiger partial charge >= 0.3 is 0 Å². The largest absolute Gasteiger partial charge is 0.497 e. The maximum atomic E-state index is 9.77. The molecule has 0 aromatic heterocycles. The second-order valence-corrected chi connectivity index (χ2v) is 5.89. The lowest BCUT2D eigenvalue weighted by Gasteiger charge is -2.29. The van der Waals surface area contributed by atoms with Crippen molar-refractivity contribution < 1.29 is 9.84 Å². The molecule has 0 aliphatic heterocycles. The Hall–Kier alpha value is -1.84. The maximum absolute atomic E-state index is 9.77. The number of aryl methyl sites for hydroxylation is 1. The van der Waals surface area contributed by atoms with E-state index in [2.05, 4.69) is 29.6 Å². The summed E-state index contributed by atoms with van der Waals surface area (Å²) in [6.45, 7) is 0.0886. The summed E-state index contributed by atoms with van der Waals surface area (Å²) in [7, 11) is 1.67. The predicted octanol–water partition coefficient (Wildman–Crippen LogP) is 2.88. The van der Waals surface area contributed by atoms with Crippen molar-refractivity contribution in [3.63, 3.8) is 0 Å². The zero-order valence-corrected chi connectivity index (χ0v) is 13.0. The Kier molecular flexibility index (Phi) is 4.76. The molecule has 22 heavy (non-hydrogen) atoms. The van der Waals surface area contributed by atoms with Gasteiger partial charge in [-0.25, -0.2) is 0 Å². The van der Waals surface area contributed by atoms with Gasteiger partial charge in [-0.15, -0.1) is 0 Å². The van der Waals surface area contributed by atoms with Crippen LogP contribution in [-0.2, 0) is 12.8 Å². The van der Waals surface area contributed by atoms with E-state index in [9.17, 15) is 5.11 Å². The molecule has 0 heterocycles. The first-order chi connectivity index (χ1) is 10.8. The first kappa shape index (κ1) is 15.1. The van der Waals surface area contributed by atoms with Crippen LogP contribution in [0.2, 0.25) is 0 Å². The molecule has 0 fully saturated rings. The number of benzene rings is 2. The molecule has 0 spiro atoms. The molecule has 3 heteroatoms. The summed E-state index contributed by atoms with van der Waals surface area (Å²) in [6, 6.07) is 16.9. The fourth-order valence-electron chi connectivity index (χ4n) is 3.24. The van der Waals surface area contributed by atoms with Gasteiger partial charge < -0.3 is 15.2 Å². The van der Waals surface area contributed by atoms with Crippen LogP contribution in [0.3, 0.4) is 0 Å². The van der Waals surface area contributed by atoms with Crippen LogP contribution in [0, 0.1) is 0 Å². The molecule has 1 aliphatic carbocycles. The van der Waals surface area contributed by atoms with Crippen LogP contribution in [0.1, 0.15) is 29.2 Å². The molecule has 2 N–H and O–H groups in total. The number of ether oxygens (including phenoxy) is 1. The Balaban J connectivity index is 1.71. The van der Waals surface area contributed by atoms with Crippen molar-refractivity contribution in [2.45, 2.75) is 31.3 Å². The van der Waals surface area contributed by atoms with Crippen molar-refractivity contribution in [2.75, 3.05) is 13.7 Å². The molecule has 1 aliphatic rings. The van der Waals surface area contributed by atoms with Crippen LogP contribution in [0.5, 0.6) is 5.75 Å². The van der Waals surface area contributed by atoms with Crippen LogP contribution in [0.4, 0.5) is 0 Å². The van der Waals surface area contributed by atoms with Crippen molar-refractivity contribution in [3.8, 4) is 5.75 Å². The normalized spacial score (nSPS) is 18.5. The second kappa shape index (κ2) is 6.95. The summed E-state index contributed by atoms with van der Waals surface area (Å²) in [5.41, 5.74) is 3.96. The lowest BCUT2D eigenvalue weighted by Crippen LogP contribution is -2.38.